The van der Waals surface area contributed by atoms with Crippen LogP contribution in [0.5, 0.6) is 0 Å². The SMILES string of the molecule is Cc1c([N+](=O)[O-])cnn1C1CCCC1O. The van der Waals surface area contributed by atoms with Crippen LogP contribution in [-0.4, -0.2) is 25.9 Å². The fourth-order valence-electron chi connectivity index (χ4n) is 2.13. The molecule has 1 aliphatic carbocycles. The fourth-order valence-corrected chi connectivity index (χ4v) is 2.13. The summed E-state index contributed by atoms with van der Waals surface area (Å²) in [7, 11) is 0. The van der Waals surface area contributed by atoms with Crippen molar-refractivity contribution in [3.8, 4) is 0 Å². The molecule has 1 fully saturated rings. The maximum Gasteiger partial charge on any atom is 0.309 e. The molecule has 1 aromatic heterocycles. The van der Waals surface area contributed by atoms with Crippen molar-refractivity contribution in [3.05, 3.63) is 22.0 Å². The first-order chi connectivity index (χ1) is 7.11. The molecular weight excluding hydrogens is 198 g/mol. The Morgan fingerprint density at radius 3 is 2.87 bits per heavy atom. The molecule has 1 saturated carbocycles. The molecule has 2 rings (SSSR count). The van der Waals surface area contributed by atoms with Gasteiger partial charge in [0.05, 0.1) is 17.1 Å². The second-order valence-electron chi connectivity index (χ2n) is 3.88. The Hall–Kier alpha value is -1.43. The molecule has 0 aliphatic heterocycles. The second kappa shape index (κ2) is 3.62. The van der Waals surface area contributed by atoms with Gasteiger partial charge in [-0.2, -0.15) is 5.10 Å². The van der Waals surface area contributed by atoms with E-state index in [-0.39, 0.29) is 11.7 Å². The van der Waals surface area contributed by atoms with E-state index < -0.39 is 11.0 Å². The van der Waals surface area contributed by atoms with E-state index in [1.807, 2.05) is 0 Å². The van der Waals surface area contributed by atoms with Crippen molar-refractivity contribution in [1.29, 1.82) is 0 Å². The molecule has 2 atom stereocenters. The van der Waals surface area contributed by atoms with E-state index in [9.17, 15) is 15.2 Å². The van der Waals surface area contributed by atoms with Crippen molar-refractivity contribution in [2.45, 2.75) is 38.3 Å². The van der Waals surface area contributed by atoms with Crippen LogP contribution < -0.4 is 0 Å². The van der Waals surface area contributed by atoms with Crippen molar-refractivity contribution in [2.24, 2.45) is 0 Å². The Labute approximate surface area is 86.7 Å². The van der Waals surface area contributed by atoms with Crippen LogP contribution in [-0.2, 0) is 0 Å². The first kappa shape index (κ1) is 10.1. The van der Waals surface area contributed by atoms with Crippen LogP contribution in [0.15, 0.2) is 6.20 Å². The normalized spacial score (nSPS) is 25.7. The molecule has 0 bridgehead atoms. The molecule has 1 aliphatic rings. The lowest BCUT2D eigenvalue weighted by Crippen LogP contribution is -2.20. The summed E-state index contributed by atoms with van der Waals surface area (Å²) in [4.78, 5) is 10.2. The van der Waals surface area contributed by atoms with Gasteiger partial charge in [0.25, 0.3) is 0 Å². The summed E-state index contributed by atoms with van der Waals surface area (Å²) in [5, 5.41) is 24.3. The lowest BCUT2D eigenvalue weighted by molar-refractivity contribution is -0.385. The maximum absolute atomic E-state index is 10.6. The van der Waals surface area contributed by atoms with E-state index in [2.05, 4.69) is 5.10 Å². The minimum Gasteiger partial charge on any atom is -0.391 e. The highest BCUT2D eigenvalue weighted by molar-refractivity contribution is 5.32. The standard InChI is InChI=1S/C9H13N3O3/c1-6-8(12(14)15)5-10-11(6)7-3-2-4-9(7)13/h5,7,9,13H,2-4H2,1H3. The average molecular weight is 211 g/mol. The summed E-state index contributed by atoms with van der Waals surface area (Å²) >= 11 is 0. The number of hydrogen-bond donors (Lipinski definition) is 1. The molecule has 0 spiro atoms. The molecule has 1 aromatic rings. The lowest BCUT2D eigenvalue weighted by Gasteiger charge is -2.15. The van der Waals surface area contributed by atoms with Crippen molar-refractivity contribution < 1.29 is 10.0 Å². The van der Waals surface area contributed by atoms with Crippen molar-refractivity contribution in [3.63, 3.8) is 0 Å². The zero-order chi connectivity index (χ0) is 11.0. The van der Waals surface area contributed by atoms with Gasteiger partial charge in [-0.05, 0) is 26.2 Å². The van der Waals surface area contributed by atoms with E-state index in [0.717, 1.165) is 19.3 Å². The first-order valence-electron chi connectivity index (χ1n) is 4.98. The summed E-state index contributed by atoms with van der Waals surface area (Å²) in [5.41, 5.74) is 0.542. The van der Waals surface area contributed by atoms with Gasteiger partial charge in [0.1, 0.15) is 11.9 Å². The van der Waals surface area contributed by atoms with Crippen LogP contribution in [0.2, 0.25) is 0 Å². The van der Waals surface area contributed by atoms with E-state index in [4.69, 9.17) is 0 Å². The number of aromatic nitrogens is 2. The third-order valence-electron chi connectivity index (χ3n) is 2.97. The monoisotopic (exact) mass is 211 g/mol. The van der Waals surface area contributed by atoms with Crippen molar-refractivity contribution >= 4 is 5.69 Å². The third kappa shape index (κ3) is 1.61. The largest absolute Gasteiger partial charge is 0.391 e. The average Bonchev–Trinajstić information content (AvgIpc) is 2.71. The van der Waals surface area contributed by atoms with Gasteiger partial charge in [0.2, 0.25) is 0 Å². The number of aliphatic hydroxyl groups excluding tert-OH is 1. The molecule has 0 saturated heterocycles. The summed E-state index contributed by atoms with van der Waals surface area (Å²) in [6, 6.07) is -0.0984. The van der Waals surface area contributed by atoms with Gasteiger partial charge in [-0.15, -0.1) is 0 Å². The topological polar surface area (TPSA) is 81.2 Å². The number of rotatable bonds is 2. The molecule has 82 valence electrons. The number of nitro groups is 1. The van der Waals surface area contributed by atoms with Gasteiger partial charge < -0.3 is 5.11 Å². The molecule has 0 amide bonds. The van der Waals surface area contributed by atoms with Crippen LogP contribution >= 0.6 is 0 Å². The summed E-state index contributed by atoms with van der Waals surface area (Å²) in [6.07, 6.45) is 3.35. The maximum atomic E-state index is 10.6. The van der Waals surface area contributed by atoms with Crippen LogP contribution in [0.3, 0.4) is 0 Å². The van der Waals surface area contributed by atoms with Crippen molar-refractivity contribution in [1.82, 2.24) is 9.78 Å². The molecule has 15 heavy (non-hydrogen) atoms. The molecule has 1 N–H and O–H groups in total. The minimum atomic E-state index is -0.444. The second-order valence-corrected chi connectivity index (χ2v) is 3.88. The van der Waals surface area contributed by atoms with Gasteiger partial charge in [-0.25, -0.2) is 0 Å². The van der Waals surface area contributed by atoms with Crippen LogP contribution in [0, 0.1) is 17.0 Å². The van der Waals surface area contributed by atoms with Gasteiger partial charge in [-0.3, -0.25) is 14.8 Å². The quantitative estimate of drug-likeness (QED) is 0.588. The molecule has 6 heteroatoms. The summed E-state index contributed by atoms with van der Waals surface area (Å²) in [5.74, 6) is 0. The lowest BCUT2D eigenvalue weighted by atomic mass is 10.2. The highest BCUT2D eigenvalue weighted by Crippen LogP contribution is 2.32. The van der Waals surface area contributed by atoms with Gasteiger partial charge in [-0.1, -0.05) is 0 Å². The summed E-state index contributed by atoms with van der Waals surface area (Å²) in [6.45, 7) is 1.66. The van der Waals surface area contributed by atoms with E-state index in [1.165, 1.54) is 6.20 Å². The van der Waals surface area contributed by atoms with E-state index in [0.29, 0.717) is 5.69 Å². The molecule has 0 aromatic carbocycles. The Morgan fingerprint density at radius 1 is 1.67 bits per heavy atom. The Balaban J connectivity index is 2.33. The molecular formula is C9H13N3O3. The van der Waals surface area contributed by atoms with Gasteiger partial charge in [0, 0.05) is 0 Å². The van der Waals surface area contributed by atoms with Crippen molar-refractivity contribution in [2.75, 3.05) is 0 Å². The number of aliphatic hydroxyl groups is 1. The number of hydrogen-bond acceptors (Lipinski definition) is 4. The van der Waals surface area contributed by atoms with E-state index in [1.54, 1.807) is 11.6 Å². The van der Waals surface area contributed by atoms with Crippen LogP contribution in [0.4, 0.5) is 5.69 Å². The zero-order valence-electron chi connectivity index (χ0n) is 8.46. The first-order valence-corrected chi connectivity index (χ1v) is 4.98. The Bertz CT molecular complexity index is 388. The fraction of sp³-hybridized carbons (Fsp3) is 0.667. The van der Waals surface area contributed by atoms with Gasteiger partial charge >= 0.3 is 5.69 Å². The van der Waals surface area contributed by atoms with Gasteiger partial charge in [0.15, 0.2) is 0 Å². The number of nitrogens with zero attached hydrogens (tertiary/aromatic N) is 3. The minimum absolute atomic E-state index is 0.0223. The highest BCUT2D eigenvalue weighted by Gasteiger charge is 2.30. The summed E-state index contributed by atoms with van der Waals surface area (Å²) < 4.78 is 1.58. The molecule has 2 unspecified atom stereocenters. The smallest absolute Gasteiger partial charge is 0.309 e. The van der Waals surface area contributed by atoms with Crippen LogP contribution in [0.25, 0.3) is 0 Å². The Kier molecular flexibility index (Phi) is 2.44. The van der Waals surface area contributed by atoms with Crippen LogP contribution in [0.1, 0.15) is 31.0 Å². The molecule has 0 radical (unpaired) electrons. The predicted octanol–water partition coefficient (Wildman–Crippen LogP) is 1.19. The molecule has 1 heterocycles. The van der Waals surface area contributed by atoms with E-state index >= 15 is 0 Å². The predicted molar refractivity (Wildman–Crippen MR) is 52.5 cm³/mol. The Morgan fingerprint density at radius 2 is 2.40 bits per heavy atom. The highest BCUT2D eigenvalue weighted by atomic mass is 16.6. The third-order valence-corrected chi connectivity index (χ3v) is 2.97. The zero-order valence-corrected chi connectivity index (χ0v) is 8.46. The molecule has 6 nitrogen and oxygen atoms in total.